The Bertz CT molecular complexity index is 388. The predicted molar refractivity (Wildman–Crippen MR) is 77.0 cm³/mol. The molecule has 0 aromatic heterocycles. The molecule has 0 saturated heterocycles. The average Bonchev–Trinajstić information content (AvgIpc) is 2.35. The van der Waals surface area contributed by atoms with Crippen LogP contribution in [0.4, 0.5) is 4.39 Å². The fourth-order valence-corrected chi connectivity index (χ4v) is 3.33. The Morgan fingerprint density at radius 2 is 2.00 bits per heavy atom. The smallest absolute Gasteiger partial charge is 0.126 e. The van der Waals surface area contributed by atoms with Gasteiger partial charge in [-0.2, -0.15) is 0 Å². The molecule has 1 aliphatic rings. The summed E-state index contributed by atoms with van der Waals surface area (Å²) in [6.07, 6.45) is 8.31. The van der Waals surface area contributed by atoms with Crippen LogP contribution in [0.5, 0.6) is 0 Å². The summed E-state index contributed by atoms with van der Waals surface area (Å²) in [5.41, 5.74) is 6.90. The van der Waals surface area contributed by atoms with Gasteiger partial charge >= 0.3 is 0 Å². The summed E-state index contributed by atoms with van der Waals surface area (Å²) in [6, 6.07) is 5.16. The van der Waals surface area contributed by atoms with Gasteiger partial charge < -0.3 is 5.73 Å². The molecule has 100 valence electrons. The Balaban J connectivity index is 1.89. The van der Waals surface area contributed by atoms with Crippen molar-refractivity contribution < 1.29 is 4.39 Å². The molecule has 1 aromatic carbocycles. The zero-order valence-corrected chi connectivity index (χ0v) is 12.3. The summed E-state index contributed by atoms with van der Waals surface area (Å²) in [5.74, 6) is 0.612. The zero-order chi connectivity index (χ0) is 13.0. The third kappa shape index (κ3) is 4.06. The molecule has 18 heavy (non-hydrogen) atoms. The lowest BCUT2D eigenvalue weighted by molar-refractivity contribution is 0.316. The fourth-order valence-electron chi connectivity index (χ4n) is 2.92. The predicted octanol–water partition coefficient (Wildman–Crippen LogP) is 4.43. The average molecular weight is 314 g/mol. The Hall–Kier alpha value is -0.410. The molecule has 1 unspecified atom stereocenters. The van der Waals surface area contributed by atoms with Gasteiger partial charge in [-0.15, -0.1) is 0 Å². The van der Waals surface area contributed by atoms with Gasteiger partial charge in [-0.1, -0.05) is 48.0 Å². The highest BCUT2D eigenvalue weighted by atomic mass is 79.9. The van der Waals surface area contributed by atoms with Gasteiger partial charge in [-0.3, -0.25) is 0 Å². The first-order valence-electron chi connectivity index (χ1n) is 6.84. The highest BCUT2D eigenvalue weighted by Crippen LogP contribution is 2.28. The molecule has 1 atom stereocenters. The van der Waals surface area contributed by atoms with Gasteiger partial charge in [0.2, 0.25) is 0 Å². The molecule has 1 aromatic rings. The van der Waals surface area contributed by atoms with Crippen LogP contribution in [0.25, 0.3) is 0 Å². The molecular formula is C15H21BrFN. The van der Waals surface area contributed by atoms with E-state index in [0.717, 1.165) is 22.4 Å². The number of halogens is 2. The third-order valence-corrected chi connectivity index (χ3v) is 4.34. The van der Waals surface area contributed by atoms with Crippen molar-refractivity contribution in [2.45, 2.75) is 51.0 Å². The standard InChI is InChI=1S/C15H21BrFN/c16-13-6-7-15(17)12(9-13)10-14(18)8-11-4-2-1-3-5-11/h6-7,9,11,14H,1-5,8,10,18H2. The third-order valence-electron chi connectivity index (χ3n) is 3.85. The summed E-state index contributed by atoms with van der Waals surface area (Å²) >= 11 is 3.38. The quantitative estimate of drug-likeness (QED) is 0.874. The highest BCUT2D eigenvalue weighted by Gasteiger charge is 2.17. The van der Waals surface area contributed by atoms with E-state index >= 15 is 0 Å². The van der Waals surface area contributed by atoms with Crippen molar-refractivity contribution in [3.63, 3.8) is 0 Å². The molecule has 1 nitrogen and oxygen atoms in total. The van der Waals surface area contributed by atoms with E-state index in [4.69, 9.17) is 5.73 Å². The second kappa shape index (κ2) is 6.67. The molecular weight excluding hydrogens is 293 g/mol. The maximum atomic E-state index is 13.6. The van der Waals surface area contributed by atoms with Crippen molar-refractivity contribution in [3.8, 4) is 0 Å². The van der Waals surface area contributed by atoms with E-state index in [9.17, 15) is 4.39 Å². The Kier molecular flexibility index (Phi) is 5.19. The Morgan fingerprint density at radius 1 is 1.28 bits per heavy atom. The normalized spacial score (nSPS) is 18.8. The van der Waals surface area contributed by atoms with Crippen LogP contribution in [-0.4, -0.2) is 6.04 Å². The van der Waals surface area contributed by atoms with E-state index in [1.807, 2.05) is 6.07 Å². The highest BCUT2D eigenvalue weighted by molar-refractivity contribution is 9.10. The molecule has 1 fully saturated rings. The second-order valence-electron chi connectivity index (χ2n) is 5.44. The molecule has 0 bridgehead atoms. The maximum Gasteiger partial charge on any atom is 0.126 e. The molecule has 0 heterocycles. The Labute approximate surface area is 117 Å². The summed E-state index contributed by atoms with van der Waals surface area (Å²) in [7, 11) is 0. The SMILES string of the molecule is NC(Cc1cc(Br)ccc1F)CC1CCCCC1. The molecule has 0 amide bonds. The van der Waals surface area contributed by atoms with Gasteiger partial charge in [-0.05, 0) is 42.5 Å². The Morgan fingerprint density at radius 3 is 2.72 bits per heavy atom. The van der Waals surface area contributed by atoms with Crippen LogP contribution in [0.2, 0.25) is 0 Å². The van der Waals surface area contributed by atoms with Crippen LogP contribution in [0, 0.1) is 11.7 Å². The molecule has 3 heteroatoms. The van der Waals surface area contributed by atoms with Gasteiger partial charge in [0.25, 0.3) is 0 Å². The van der Waals surface area contributed by atoms with E-state index < -0.39 is 0 Å². The van der Waals surface area contributed by atoms with Crippen LogP contribution in [-0.2, 0) is 6.42 Å². The first-order chi connectivity index (χ1) is 8.65. The van der Waals surface area contributed by atoms with E-state index in [1.165, 1.54) is 38.2 Å². The van der Waals surface area contributed by atoms with E-state index in [1.54, 1.807) is 6.07 Å². The number of rotatable bonds is 4. The van der Waals surface area contributed by atoms with Crippen molar-refractivity contribution in [1.82, 2.24) is 0 Å². The van der Waals surface area contributed by atoms with Crippen molar-refractivity contribution in [2.24, 2.45) is 11.7 Å². The molecule has 0 spiro atoms. The van der Waals surface area contributed by atoms with Gasteiger partial charge in [-0.25, -0.2) is 4.39 Å². The van der Waals surface area contributed by atoms with Gasteiger partial charge in [0.05, 0.1) is 0 Å². The number of nitrogens with two attached hydrogens (primary N) is 1. The first kappa shape index (κ1) is 14.0. The van der Waals surface area contributed by atoms with Crippen molar-refractivity contribution in [1.29, 1.82) is 0 Å². The number of hydrogen-bond donors (Lipinski definition) is 1. The molecule has 1 aliphatic carbocycles. The first-order valence-corrected chi connectivity index (χ1v) is 7.64. The minimum absolute atomic E-state index is 0.0805. The number of benzene rings is 1. The fraction of sp³-hybridized carbons (Fsp3) is 0.600. The lowest BCUT2D eigenvalue weighted by Crippen LogP contribution is -2.27. The summed E-state index contributed by atoms with van der Waals surface area (Å²) < 4.78 is 14.6. The van der Waals surface area contributed by atoms with Gasteiger partial charge in [0.15, 0.2) is 0 Å². The second-order valence-corrected chi connectivity index (χ2v) is 6.36. The van der Waals surface area contributed by atoms with E-state index in [0.29, 0.717) is 6.42 Å². The lowest BCUT2D eigenvalue weighted by Gasteiger charge is -2.24. The molecule has 2 rings (SSSR count). The molecule has 2 N–H and O–H groups in total. The van der Waals surface area contributed by atoms with Crippen LogP contribution in [0.3, 0.4) is 0 Å². The van der Waals surface area contributed by atoms with E-state index in [-0.39, 0.29) is 11.9 Å². The van der Waals surface area contributed by atoms with Crippen molar-refractivity contribution in [2.75, 3.05) is 0 Å². The van der Waals surface area contributed by atoms with Crippen LogP contribution >= 0.6 is 15.9 Å². The van der Waals surface area contributed by atoms with Crippen LogP contribution in [0.1, 0.15) is 44.1 Å². The minimum atomic E-state index is -0.141. The topological polar surface area (TPSA) is 26.0 Å². The molecule has 0 aliphatic heterocycles. The van der Waals surface area contributed by atoms with Gasteiger partial charge in [0.1, 0.15) is 5.82 Å². The summed E-state index contributed by atoms with van der Waals surface area (Å²) in [4.78, 5) is 0. The van der Waals surface area contributed by atoms with E-state index in [2.05, 4.69) is 15.9 Å². The zero-order valence-electron chi connectivity index (χ0n) is 10.7. The number of hydrogen-bond acceptors (Lipinski definition) is 1. The summed E-state index contributed by atoms with van der Waals surface area (Å²) in [5, 5.41) is 0. The largest absolute Gasteiger partial charge is 0.327 e. The van der Waals surface area contributed by atoms with Crippen molar-refractivity contribution >= 4 is 15.9 Å². The van der Waals surface area contributed by atoms with Crippen molar-refractivity contribution in [3.05, 3.63) is 34.1 Å². The minimum Gasteiger partial charge on any atom is -0.327 e. The molecule has 1 saturated carbocycles. The maximum absolute atomic E-state index is 13.6. The summed E-state index contributed by atoms with van der Waals surface area (Å²) in [6.45, 7) is 0. The van der Waals surface area contributed by atoms with Crippen LogP contribution < -0.4 is 5.73 Å². The van der Waals surface area contributed by atoms with Crippen LogP contribution in [0.15, 0.2) is 22.7 Å². The van der Waals surface area contributed by atoms with Gasteiger partial charge in [0, 0.05) is 10.5 Å². The monoisotopic (exact) mass is 313 g/mol. The lowest BCUT2D eigenvalue weighted by atomic mass is 9.84. The molecule has 0 radical (unpaired) electrons.